The van der Waals surface area contributed by atoms with E-state index >= 15 is 4.39 Å². The number of carbonyl (C=O) groups is 1. The van der Waals surface area contributed by atoms with Gasteiger partial charge in [-0.3, -0.25) is 19.3 Å². The maximum atomic E-state index is 15.2. The van der Waals surface area contributed by atoms with Crippen molar-refractivity contribution in [2.75, 3.05) is 24.8 Å². The van der Waals surface area contributed by atoms with Crippen molar-refractivity contribution >= 4 is 28.8 Å². The van der Waals surface area contributed by atoms with Gasteiger partial charge >= 0.3 is 0 Å². The molecule has 220 valence electrons. The number of hydrogen-bond acceptors (Lipinski definition) is 6. The van der Waals surface area contributed by atoms with Gasteiger partial charge < -0.3 is 14.4 Å². The molecular weight excluding hydrogens is 601 g/mol. The molecule has 5 aromatic rings. The third kappa shape index (κ3) is 4.26. The maximum absolute atomic E-state index is 15.2. The van der Waals surface area contributed by atoms with Crippen molar-refractivity contribution in [3.63, 3.8) is 0 Å². The summed E-state index contributed by atoms with van der Waals surface area (Å²) in [7, 11) is 0. The zero-order chi connectivity index (χ0) is 29.9. The number of pyridine rings is 1. The first-order valence-corrected chi connectivity index (χ1v) is 15.5. The summed E-state index contributed by atoms with van der Waals surface area (Å²) < 4.78 is 29.6. The van der Waals surface area contributed by atoms with Crippen LogP contribution in [-0.2, 0) is 11.3 Å². The number of fused-ring (bicyclic) bond motifs is 7. The number of nitrogens with zero attached hydrogens (tertiary/aromatic N) is 3. The van der Waals surface area contributed by atoms with E-state index in [1.807, 2.05) is 65.7 Å². The SMILES string of the molecule is O=C1c2c(OCc3ccccc3)c(=O)ccn2N(C2c3cc(F)ccc3-c3cc(Cl)sc3-c3ccccc32)[C@@H]2COCCN12. The van der Waals surface area contributed by atoms with Crippen LogP contribution in [0.4, 0.5) is 4.39 Å². The second-order valence-electron chi connectivity index (χ2n) is 10.9. The summed E-state index contributed by atoms with van der Waals surface area (Å²) >= 11 is 8.04. The molecule has 1 aliphatic carbocycles. The Hall–Kier alpha value is -4.44. The minimum Gasteiger partial charge on any atom is -0.482 e. The number of aromatic nitrogens is 1. The molecule has 4 heterocycles. The number of rotatable bonds is 4. The number of hydrogen-bond donors (Lipinski definition) is 0. The zero-order valence-electron chi connectivity index (χ0n) is 23.3. The highest BCUT2D eigenvalue weighted by Crippen LogP contribution is 2.51. The molecule has 0 spiro atoms. The van der Waals surface area contributed by atoms with Gasteiger partial charge in [0.15, 0.2) is 11.4 Å². The van der Waals surface area contributed by atoms with Crippen LogP contribution in [0, 0.1) is 5.82 Å². The van der Waals surface area contributed by atoms with Crippen molar-refractivity contribution in [1.82, 2.24) is 9.58 Å². The molecule has 0 bridgehead atoms. The van der Waals surface area contributed by atoms with E-state index in [-0.39, 0.29) is 36.4 Å². The van der Waals surface area contributed by atoms with Gasteiger partial charge in [-0.05, 0) is 46.0 Å². The van der Waals surface area contributed by atoms with Crippen LogP contribution in [0.25, 0.3) is 21.6 Å². The molecule has 10 heteroatoms. The van der Waals surface area contributed by atoms with Gasteiger partial charge in [-0.2, -0.15) is 0 Å². The molecule has 0 N–H and O–H groups in total. The normalized spacial score (nSPS) is 18.5. The highest BCUT2D eigenvalue weighted by Gasteiger charge is 2.46. The van der Waals surface area contributed by atoms with Crippen molar-refractivity contribution in [3.05, 3.63) is 134 Å². The molecule has 2 atom stereocenters. The lowest BCUT2D eigenvalue weighted by Crippen LogP contribution is -2.66. The van der Waals surface area contributed by atoms with Crippen LogP contribution in [0.15, 0.2) is 95.9 Å². The van der Waals surface area contributed by atoms with Crippen molar-refractivity contribution in [3.8, 4) is 27.3 Å². The van der Waals surface area contributed by atoms with E-state index in [2.05, 4.69) is 0 Å². The largest absolute Gasteiger partial charge is 0.482 e. The summed E-state index contributed by atoms with van der Waals surface area (Å²) in [5.41, 5.74) is 4.95. The minimum absolute atomic E-state index is 0.0245. The molecular formula is C34H25ClFN3O4S. The molecule has 3 aromatic carbocycles. The number of carbonyl (C=O) groups excluding carboxylic acids is 1. The Kier molecular flexibility index (Phi) is 6.55. The fraction of sp³-hybridized carbons (Fsp3) is 0.176. The lowest BCUT2D eigenvalue weighted by atomic mass is 9.92. The number of morpholine rings is 1. The van der Waals surface area contributed by atoms with Crippen LogP contribution < -0.4 is 15.2 Å². The quantitative estimate of drug-likeness (QED) is 0.229. The summed E-state index contributed by atoms with van der Waals surface area (Å²) in [5.74, 6) is -0.723. The first-order chi connectivity index (χ1) is 21.5. The number of benzene rings is 3. The highest BCUT2D eigenvalue weighted by molar-refractivity contribution is 7.20. The standard InChI is InChI=1S/C34H25ClFN3O4S/c35-28-17-26-22-11-10-21(36)16-25(22)30(23-8-4-5-9-24(23)33(26)44-28)39-29-19-42-15-14-37(29)34(41)31-32(27(40)12-13-38(31)39)43-18-20-6-2-1-3-7-20/h1-13,16-17,29-30H,14-15,18-19H2/t29-,30?/m1/s1. The Morgan fingerprint density at radius 3 is 2.61 bits per heavy atom. The average Bonchev–Trinajstić information content (AvgIpc) is 3.39. The molecule has 2 aliphatic heterocycles. The minimum atomic E-state index is -0.569. The van der Waals surface area contributed by atoms with Gasteiger partial charge in [0.2, 0.25) is 5.43 Å². The summed E-state index contributed by atoms with van der Waals surface area (Å²) in [6.07, 6.45) is 1.07. The Balaban J connectivity index is 1.38. The van der Waals surface area contributed by atoms with E-state index in [0.717, 1.165) is 32.7 Å². The fourth-order valence-electron chi connectivity index (χ4n) is 6.55. The van der Waals surface area contributed by atoms with Crippen LogP contribution in [0.5, 0.6) is 5.75 Å². The maximum Gasteiger partial charge on any atom is 0.278 e. The van der Waals surface area contributed by atoms with E-state index < -0.39 is 17.6 Å². The average molecular weight is 626 g/mol. The summed E-state index contributed by atoms with van der Waals surface area (Å²) in [5, 5.41) is 2.03. The van der Waals surface area contributed by atoms with E-state index in [0.29, 0.717) is 23.1 Å². The van der Waals surface area contributed by atoms with Crippen LogP contribution in [0.3, 0.4) is 0 Å². The van der Waals surface area contributed by atoms with Crippen LogP contribution in [0.2, 0.25) is 4.34 Å². The zero-order valence-corrected chi connectivity index (χ0v) is 24.9. The molecule has 44 heavy (non-hydrogen) atoms. The third-order valence-corrected chi connectivity index (χ3v) is 9.74. The van der Waals surface area contributed by atoms with Crippen molar-refractivity contribution < 1.29 is 18.7 Å². The van der Waals surface area contributed by atoms with Gasteiger partial charge in [-0.1, -0.05) is 72.3 Å². The molecule has 1 saturated heterocycles. The third-order valence-electron chi connectivity index (χ3n) is 8.45. The molecule has 1 unspecified atom stereocenters. The molecule has 0 radical (unpaired) electrons. The first kappa shape index (κ1) is 27.1. The second-order valence-corrected chi connectivity index (χ2v) is 12.6. The summed E-state index contributed by atoms with van der Waals surface area (Å²) in [6, 6.07) is 25.0. The Bertz CT molecular complexity index is 1990. The van der Waals surface area contributed by atoms with E-state index in [1.54, 1.807) is 27.9 Å². The topological polar surface area (TPSA) is 64.0 Å². The molecule has 0 saturated carbocycles. The summed E-state index contributed by atoms with van der Waals surface area (Å²) in [4.78, 5) is 30.2. The summed E-state index contributed by atoms with van der Waals surface area (Å²) in [6.45, 7) is 1.03. The molecule has 1 fully saturated rings. The highest BCUT2D eigenvalue weighted by atomic mass is 35.5. The van der Waals surface area contributed by atoms with Crippen molar-refractivity contribution in [1.29, 1.82) is 0 Å². The fourth-order valence-corrected chi connectivity index (χ4v) is 7.84. The van der Waals surface area contributed by atoms with E-state index in [4.69, 9.17) is 21.1 Å². The van der Waals surface area contributed by atoms with E-state index in [9.17, 15) is 9.59 Å². The van der Waals surface area contributed by atoms with Crippen LogP contribution in [-0.4, -0.2) is 41.4 Å². The molecule has 8 rings (SSSR count). The Morgan fingerprint density at radius 1 is 0.932 bits per heavy atom. The first-order valence-electron chi connectivity index (χ1n) is 14.3. The predicted octanol–water partition coefficient (Wildman–Crippen LogP) is 6.47. The number of ether oxygens (including phenoxy) is 2. The monoisotopic (exact) mass is 625 g/mol. The van der Waals surface area contributed by atoms with Gasteiger partial charge in [0, 0.05) is 29.2 Å². The number of halogens is 2. The van der Waals surface area contributed by atoms with Crippen LogP contribution in [0.1, 0.15) is 33.2 Å². The molecule has 1 amide bonds. The van der Waals surface area contributed by atoms with Gasteiger partial charge in [0.05, 0.1) is 23.6 Å². The van der Waals surface area contributed by atoms with Crippen molar-refractivity contribution in [2.45, 2.75) is 18.8 Å². The van der Waals surface area contributed by atoms with Gasteiger partial charge in [-0.15, -0.1) is 11.3 Å². The van der Waals surface area contributed by atoms with E-state index in [1.165, 1.54) is 23.5 Å². The second kappa shape index (κ2) is 10.6. The predicted molar refractivity (Wildman–Crippen MR) is 167 cm³/mol. The Labute approximate surface area is 261 Å². The van der Waals surface area contributed by atoms with Gasteiger partial charge in [-0.25, -0.2) is 4.39 Å². The number of amides is 1. The van der Waals surface area contributed by atoms with Gasteiger partial charge in [0.1, 0.15) is 18.6 Å². The van der Waals surface area contributed by atoms with Crippen LogP contribution >= 0.6 is 22.9 Å². The molecule has 7 nitrogen and oxygen atoms in total. The Morgan fingerprint density at radius 2 is 1.75 bits per heavy atom. The molecule has 3 aliphatic rings. The van der Waals surface area contributed by atoms with Crippen molar-refractivity contribution in [2.24, 2.45) is 0 Å². The number of thiophene rings is 1. The lowest BCUT2D eigenvalue weighted by Gasteiger charge is -2.51. The van der Waals surface area contributed by atoms with Gasteiger partial charge in [0.25, 0.3) is 5.91 Å². The molecule has 2 aromatic heterocycles. The lowest BCUT2D eigenvalue weighted by molar-refractivity contribution is -0.0197. The smallest absolute Gasteiger partial charge is 0.278 e.